The Bertz CT molecular complexity index is 118. The molecule has 44 valence electrons. The summed E-state index contributed by atoms with van der Waals surface area (Å²) < 4.78 is 0. The highest BCUT2D eigenvalue weighted by molar-refractivity contribution is 5.73. The summed E-state index contributed by atoms with van der Waals surface area (Å²) in [7, 11) is 0. The first-order chi connectivity index (χ1) is 3.93. The van der Waals surface area contributed by atoms with Crippen LogP contribution in [-0.2, 0) is 4.79 Å². The fourth-order valence-corrected chi connectivity index (χ4v) is 0.763. The molecule has 0 saturated carbocycles. The highest BCUT2D eigenvalue weighted by atomic mass is 16.1. The van der Waals surface area contributed by atoms with E-state index in [0.717, 1.165) is 31.2 Å². The fourth-order valence-electron chi connectivity index (χ4n) is 0.763. The maximum atomic E-state index is 10.1. The summed E-state index contributed by atoms with van der Waals surface area (Å²) in [6, 6.07) is 0. The molecule has 0 fully saturated rings. The van der Waals surface area contributed by atoms with Gasteiger partial charge in [0, 0.05) is 18.3 Å². The van der Waals surface area contributed by atoms with E-state index in [9.17, 15) is 4.79 Å². The molecule has 0 spiro atoms. The van der Waals surface area contributed by atoms with Crippen molar-refractivity contribution in [2.45, 2.75) is 12.8 Å². The van der Waals surface area contributed by atoms with Crippen molar-refractivity contribution in [1.82, 2.24) is 5.32 Å². The van der Waals surface area contributed by atoms with Crippen LogP contribution in [0.25, 0.3) is 0 Å². The second-order valence-corrected chi connectivity index (χ2v) is 1.89. The molecule has 1 aliphatic heterocycles. The highest BCUT2D eigenvalue weighted by Crippen LogP contribution is 2.03. The lowest BCUT2D eigenvalue weighted by molar-refractivity contribution is -0.105. The van der Waals surface area contributed by atoms with Crippen LogP contribution in [0.2, 0.25) is 0 Å². The van der Waals surface area contributed by atoms with Crippen LogP contribution in [0.15, 0.2) is 11.8 Å². The third-order valence-corrected chi connectivity index (χ3v) is 1.23. The lowest BCUT2D eigenvalue weighted by Crippen LogP contribution is -2.13. The summed E-state index contributed by atoms with van der Waals surface area (Å²) in [6.07, 6.45) is 4.73. The Morgan fingerprint density at radius 3 is 3.00 bits per heavy atom. The molecule has 0 atom stereocenters. The molecule has 2 heteroatoms. The Balaban J connectivity index is 2.49. The van der Waals surface area contributed by atoms with E-state index in [0.29, 0.717) is 0 Å². The Morgan fingerprint density at radius 2 is 2.62 bits per heavy atom. The van der Waals surface area contributed by atoms with Gasteiger partial charge in [-0.2, -0.15) is 0 Å². The van der Waals surface area contributed by atoms with Crippen LogP contribution in [0, 0.1) is 0 Å². The van der Waals surface area contributed by atoms with Crippen molar-refractivity contribution in [3.63, 3.8) is 0 Å². The molecular weight excluding hydrogens is 102 g/mol. The summed E-state index contributed by atoms with van der Waals surface area (Å²) in [5.41, 5.74) is 0.885. The molecule has 0 aromatic rings. The van der Waals surface area contributed by atoms with Crippen molar-refractivity contribution in [2.75, 3.05) is 6.54 Å². The van der Waals surface area contributed by atoms with Gasteiger partial charge in [0.25, 0.3) is 0 Å². The molecule has 1 heterocycles. The van der Waals surface area contributed by atoms with Gasteiger partial charge in [0.15, 0.2) is 0 Å². The van der Waals surface area contributed by atoms with E-state index >= 15 is 0 Å². The molecule has 0 aromatic heterocycles. The second-order valence-electron chi connectivity index (χ2n) is 1.89. The molecule has 1 N–H and O–H groups in total. The summed E-state index contributed by atoms with van der Waals surface area (Å²) in [5, 5.41) is 2.99. The van der Waals surface area contributed by atoms with Gasteiger partial charge in [-0.3, -0.25) is 4.79 Å². The number of nitrogens with one attached hydrogen (secondary N) is 1. The first-order valence-corrected chi connectivity index (χ1v) is 2.81. The number of hydrogen-bond acceptors (Lipinski definition) is 2. The monoisotopic (exact) mass is 111 g/mol. The molecule has 8 heavy (non-hydrogen) atoms. The first kappa shape index (κ1) is 5.35. The normalized spacial score (nSPS) is 18.8. The SMILES string of the molecule is O=CC1=CNCCC1. The van der Waals surface area contributed by atoms with E-state index in [2.05, 4.69) is 5.32 Å². The minimum absolute atomic E-state index is 0.885. The quantitative estimate of drug-likeness (QED) is 0.498. The van der Waals surface area contributed by atoms with Gasteiger partial charge < -0.3 is 5.32 Å². The summed E-state index contributed by atoms with van der Waals surface area (Å²) in [5.74, 6) is 0. The van der Waals surface area contributed by atoms with Crippen LogP contribution in [0.5, 0.6) is 0 Å². The molecular formula is C6H9NO. The van der Waals surface area contributed by atoms with E-state index in [1.54, 1.807) is 6.20 Å². The third-order valence-electron chi connectivity index (χ3n) is 1.23. The molecule has 0 saturated heterocycles. The molecule has 0 bridgehead atoms. The zero-order chi connectivity index (χ0) is 5.82. The van der Waals surface area contributed by atoms with Crippen molar-refractivity contribution >= 4 is 6.29 Å². The van der Waals surface area contributed by atoms with Crippen LogP contribution >= 0.6 is 0 Å². The number of carbonyl (C=O) groups is 1. The average Bonchev–Trinajstić information content (AvgIpc) is 1.90. The molecule has 0 radical (unpaired) electrons. The van der Waals surface area contributed by atoms with Crippen molar-refractivity contribution in [2.24, 2.45) is 0 Å². The summed E-state index contributed by atoms with van der Waals surface area (Å²) in [4.78, 5) is 10.1. The number of aldehydes is 1. The van der Waals surface area contributed by atoms with Crippen molar-refractivity contribution < 1.29 is 4.79 Å². The fraction of sp³-hybridized carbons (Fsp3) is 0.500. The Labute approximate surface area is 48.6 Å². The number of hydrogen-bond donors (Lipinski definition) is 1. The van der Waals surface area contributed by atoms with Crippen molar-refractivity contribution in [3.8, 4) is 0 Å². The average molecular weight is 111 g/mol. The Hall–Kier alpha value is -0.790. The Morgan fingerprint density at radius 1 is 1.75 bits per heavy atom. The topological polar surface area (TPSA) is 29.1 Å². The van der Waals surface area contributed by atoms with E-state index in [1.165, 1.54) is 0 Å². The van der Waals surface area contributed by atoms with Crippen molar-refractivity contribution in [1.29, 1.82) is 0 Å². The minimum Gasteiger partial charge on any atom is -0.391 e. The van der Waals surface area contributed by atoms with Gasteiger partial charge in [-0.05, 0) is 12.8 Å². The summed E-state index contributed by atoms with van der Waals surface area (Å²) >= 11 is 0. The van der Waals surface area contributed by atoms with Crippen LogP contribution in [0.3, 0.4) is 0 Å². The largest absolute Gasteiger partial charge is 0.391 e. The van der Waals surface area contributed by atoms with Gasteiger partial charge in [-0.25, -0.2) is 0 Å². The standard InChI is InChI=1S/C6H9NO/c8-5-6-2-1-3-7-4-6/h4-5,7H,1-3H2. The van der Waals surface area contributed by atoms with Gasteiger partial charge in [0.2, 0.25) is 0 Å². The molecule has 1 rings (SSSR count). The van der Waals surface area contributed by atoms with E-state index < -0.39 is 0 Å². The number of allylic oxidation sites excluding steroid dienone is 1. The molecule has 0 unspecified atom stereocenters. The number of rotatable bonds is 1. The smallest absolute Gasteiger partial charge is 0.147 e. The summed E-state index contributed by atoms with van der Waals surface area (Å²) in [6.45, 7) is 1.01. The predicted molar refractivity (Wildman–Crippen MR) is 31.4 cm³/mol. The zero-order valence-corrected chi connectivity index (χ0v) is 4.68. The maximum Gasteiger partial charge on any atom is 0.147 e. The third kappa shape index (κ3) is 1.09. The minimum atomic E-state index is 0.885. The van der Waals surface area contributed by atoms with E-state index in [1.807, 2.05) is 0 Å². The van der Waals surface area contributed by atoms with E-state index in [-0.39, 0.29) is 0 Å². The molecule has 0 aliphatic carbocycles. The van der Waals surface area contributed by atoms with E-state index in [4.69, 9.17) is 0 Å². The molecule has 2 nitrogen and oxygen atoms in total. The first-order valence-electron chi connectivity index (χ1n) is 2.81. The van der Waals surface area contributed by atoms with Gasteiger partial charge >= 0.3 is 0 Å². The van der Waals surface area contributed by atoms with Gasteiger partial charge in [0.1, 0.15) is 6.29 Å². The maximum absolute atomic E-state index is 10.1. The van der Waals surface area contributed by atoms with Crippen LogP contribution < -0.4 is 5.32 Å². The molecule has 0 amide bonds. The van der Waals surface area contributed by atoms with Crippen molar-refractivity contribution in [3.05, 3.63) is 11.8 Å². The zero-order valence-electron chi connectivity index (χ0n) is 4.68. The lowest BCUT2D eigenvalue weighted by atomic mass is 10.1. The predicted octanol–water partition coefficient (Wildman–Crippen LogP) is 0.453. The number of carbonyl (C=O) groups excluding carboxylic acids is 1. The van der Waals surface area contributed by atoms with Gasteiger partial charge in [-0.15, -0.1) is 0 Å². The van der Waals surface area contributed by atoms with Gasteiger partial charge in [-0.1, -0.05) is 0 Å². The lowest BCUT2D eigenvalue weighted by Gasteiger charge is -2.07. The van der Waals surface area contributed by atoms with Gasteiger partial charge in [0.05, 0.1) is 0 Å². The highest BCUT2D eigenvalue weighted by Gasteiger charge is 1.98. The molecule has 0 aromatic carbocycles. The Kier molecular flexibility index (Phi) is 1.67. The van der Waals surface area contributed by atoms with Crippen LogP contribution in [0.4, 0.5) is 0 Å². The second kappa shape index (κ2) is 2.50. The molecule has 1 aliphatic rings. The van der Waals surface area contributed by atoms with Crippen LogP contribution in [0.1, 0.15) is 12.8 Å². The van der Waals surface area contributed by atoms with Crippen LogP contribution in [-0.4, -0.2) is 12.8 Å².